The maximum Gasteiger partial charge on any atom is 0.0354 e. The van der Waals surface area contributed by atoms with Gasteiger partial charge in [-0.1, -0.05) is 21.6 Å². The van der Waals surface area contributed by atoms with Crippen molar-refractivity contribution in [2.24, 2.45) is 0 Å². The Morgan fingerprint density at radius 1 is 0.556 bits per heavy atom. The van der Waals surface area contributed by atoms with E-state index in [1.54, 1.807) is 0 Å². The maximum atomic E-state index is 2.24. The second-order valence-corrected chi connectivity index (χ2v) is 9.51. The predicted molar refractivity (Wildman–Crippen MR) is 88.8 cm³/mol. The first-order valence-corrected chi connectivity index (χ1v) is 9.67. The lowest BCUT2D eigenvalue weighted by Gasteiger charge is -2.04. The summed E-state index contributed by atoms with van der Waals surface area (Å²) in [5.74, 6) is 0. The Hall–Kier alpha value is 0.1000. The molecule has 4 heteroatoms. The Morgan fingerprint density at radius 2 is 0.889 bits per heavy atom. The average molecular weight is 315 g/mol. The van der Waals surface area contributed by atoms with Crippen LogP contribution in [0.1, 0.15) is 30.6 Å². The molecule has 0 aliphatic rings. The van der Waals surface area contributed by atoms with Crippen molar-refractivity contribution in [2.45, 2.75) is 51.3 Å². The van der Waals surface area contributed by atoms with Crippen molar-refractivity contribution in [1.29, 1.82) is 0 Å². The normalized spacial score (nSPS) is 11.2. The maximum absolute atomic E-state index is 2.24. The molecule has 0 unspecified atom stereocenters. The highest BCUT2D eigenvalue weighted by molar-refractivity contribution is 8.76. The van der Waals surface area contributed by atoms with Gasteiger partial charge in [0.15, 0.2) is 0 Å². The molecule has 0 nitrogen and oxygen atoms in total. The van der Waals surface area contributed by atoms with Gasteiger partial charge >= 0.3 is 0 Å². The summed E-state index contributed by atoms with van der Waals surface area (Å²) in [4.78, 5) is 8.72. The molecule has 0 saturated carbocycles. The molecule has 2 aromatic heterocycles. The molecule has 0 spiro atoms. The largest absolute Gasteiger partial charge is 0.144 e. The molecule has 2 aromatic rings. The first-order chi connectivity index (χ1) is 8.41. The molecule has 0 aromatic carbocycles. The highest BCUT2D eigenvalue weighted by Crippen LogP contribution is 2.47. The standard InChI is InChI=1S/C14H18S4/c1-7-9(3)15-11(5)13(7)17-18-14-8(2)10(4)16-12(14)6/h1-6H3. The highest BCUT2D eigenvalue weighted by atomic mass is 33.1. The van der Waals surface area contributed by atoms with Crippen LogP contribution in [-0.4, -0.2) is 0 Å². The zero-order valence-corrected chi connectivity index (χ0v) is 14.9. The van der Waals surface area contributed by atoms with Gasteiger partial charge in [-0.25, -0.2) is 0 Å². The molecule has 98 valence electrons. The van der Waals surface area contributed by atoms with Crippen LogP contribution in [-0.2, 0) is 0 Å². The fourth-order valence-electron chi connectivity index (χ4n) is 1.88. The predicted octanol–water partition coefficient (Wildman–Crippen LogP) is 6.46. The number of rotatable bonds is 3. The van der Waals surface area contributed by atoms with Crippen molar-refractivity contribution in [1.82, 2.24) is 0 Å². The molecule has 0 N–H and O–H groups in total. The Labute approximate surface area is 126 Å². The second kappa shape index (κ2) is 5.61. The molecule has 0 saturated heterocycles. The SMILES string of the molecule is Cc1sc(C)c(SSc2c(C)sc(C)c2C)c1C. The first-order valence-electron chi connectivity index (χ1n) is 5.89. The van der Waals surface area contributed by atoms with Gasteiger partial charge < -0.3 is 0 Å². The van der Waals surface area contributed by atoms with E-state index in [1.165, 1.54) is 40.4 Å². The van der Waals surface area contributed by atoms with E-state index in [0.29, 0.717) is 0 Å². The molecule has 0 radical (unpaired) electrons. The molecule has 0 aliphatic heterocycles. The average Bonchev–Trinajstić information content (AvgIpc) is 2.67. The van der Waals surface area contributed by atoms with Gasteiger partial charge in [0.25, 0.3) is 0 Å². The summed E-state index contributed by atoms with van der Waals surface area (Å²) in [6, 6.07) is 0. The molecule has 2 rings (SSSR count). The summed E-state index contributed by atoms with van der Waals surface area (Å²) in [6.07, 6.45) is 0. The summed E-state index contributed by atoms with van der Waals surface area (Å²) in [7, 11) is 3.85. The van der Waals surface area contributed by atoms with Crippen LogP contribution < -0.4 is 0 Å². The van der Waals surface area contributed by atoms with Crippen LogP contribution in [0.3, 0.4) is 0 Å². The highest BCUT2D eigenvalue weighted by Gasteiger charge is 2.14. The van der Waals surface area contributed by atoms with Crippen LogP contribution >= 0.6 is 44.3 Å². The van der Waals surface area contributed by atoms with E-state index < -0.39 is 0 Å². The zero-order valence-electron chi connectivity index (χ0n) is 11.6. The lowest BCUT2D eigenvalue weighted by molar-refractivity contribution is 1.28. The molecule has 0 atom stereocenters. The van der Waals surface area contributed by atoms with Crippen molar-refractivity contribution in [2.75, 3.05) is 0 Å². The van der Waals surface area contributed by atoms with Crippen LogP contribution in [0.5, 0.6) is 0 Å². The number of hydrogen-bond acceptors (Lipinski definition) is 4. The zero-order chi connectivity index (χ0) is 13.4. The fraction of sp³-hybridized carbons (Fsp3) is 0.429. The quantitative estimate of drug-likeness (QED) is 0.596. The molecule has 2 heterocycles. The van der Waals surface area contributed by atoms with E-state index in [2.05, 4.69) is 41.5 Å². The minimum Gasteiger partial charge on any atom is -0.144 e. The monoisotopic (exact) mass is 314 g/mol. The Kier molecular flexibility index (Phi) is 4.52. The molecule has 0 bridgehead atoms. The van der Waals surface area contributed by atoms with Gasteiger partial charge in [0.1, 0.15) is 0 Å². The van der Waals surface area contributed by atoms with Gasteiger partial charge in [0, 0.05) is 29.3 Å². The molecular formula is C14H18S4. The van der Waals surface area contributed by atoms with E-state index in [-0.39, 0.29) is 0 Å². The summed E-state index contributed by atoms with van der Waals surface area (Å²) in [5.41, 5.74) is 2.91. The van der Waals surface area contributed by atoms with Crippen molar-refractivity contribution >= 4 is 44.3 Å². The number of aryl methyl sites for hydroxylation is 4. The molecule has 0 fully saturated rings. The van der Waals surface area contributed by atoms with Gasteiger partial charge in [-0.05, 0) is 52.7 Å². The van der Waals surface area contributed by atoms with Crippen LogP contribution in [0.4, 0.5) is 0 Å². The summed E-state index contributed by atoms with van der Waals surface area (Å²) in [5, 5.41) is 0. The Morgan fingerprint density at radius 3 is 1.11 bits per heavy atom. The molecule has 0 amide bonds. The molecular weight excluding hydrogens is 296 g/mol. The summed E-state index contributed by atoms with van der Waals surface area (Å²) >= 11 is 3.83. The summed E-state index contributed by atoms with van der Waals surface area (Å²) < 4.78 is 0. The van der Waals surface area contributed by atoms with E-state index in [0.717, 1.165) is 0 Å². The van der Waals surface area contributed by atoms with Gasteiger partial charge in [-0.3, -0.25) is 0 Å². The van der Waals surface area contributed by atoms with E-state index >= 15 is 0 Å². The van der Waals surface area contributed by atoms with Gasteiger partial charge in [0.05, 0.1) is 0 Å². The fourth-order valence-corrected chi connectivity index (χ4v) is 7.70. The third-order valence-corrected chi connectivity index (χ3v) is 8.59. The second-order valence-electron chi connectivity index (χ2n) is 4.50. The van der Waals surface area contributed by atoms with Crippen LogP contribution in [0, 0.1) is 41.5 Å². The van der Waals surface area contributed by atoms with Crippen molar-refractivity contribution in [3.8, 4) is 0 Å². The van der Waals surface area contributed by atoms with Gasteiger partial charge in [0.2, 0.25) is 0 Å². The van der Waals surface area contributed by atoms with Crippen molar-refractivity contribution < 1.29 is 0 Å². The van der Waals surface area contributed by atoms with Gasteiger partial charge in [-0.2, -0.15) is 0 Å². The van der Waals surface area contributed by atoms with E-state index in [4.69, 9.17) is 0 Å². The van der Waals surface area contributed by atoms with E-state index in [9.17, 15) is 0 Å². The smallest absolute Gasteiger partial charge is 0.0354 e. The minimum absolute atomic E-state index is 1.45. The Balaban J connectivity index is 2.21. The lowest BCUT2D eigenvalue weighted by atomic mass is 10.3. The van der Waals surface area contributed by atoms with E-state index in [1.807, 2.05) is 44.3 Å². The third-order valence-electron chi connectivity index (χ3n) is 3.20. The Bertz CT molecular complexity index is 523. The number of hydrogen-bond donors (Lipinski definition) is 0. The van der Waals surface area contributed by atoms with Crippen LogP contribution in [0.15, 0.2) is 9.79 Å². The minimum atomic E-state index is 1.45. The molecule has 18 heavy (non-hydrogen) atoms. The summed E-state index contributed by atoms with van der Waals surface area (Å²) in [6.45, 7) is 13.4. The lowest BCUT2D eigenvalue weighted by Crippen LogP contribution is -1.77. The van der Waals surface area contributed by atoms with Crippen LogP contribution in [0.2, 0.25) is 0 Å². The van der Waals surface area contributed by atoms with Gasteiger partial charge in [-0.15, -0.1) is 22.7 Å². The third kappa shape index (κ3) is 2.67. The van der Waals surface area contributed by atoms with Crippen LogP contribution in [0.25, 0.3) is 0 Å². The molecule has 0 aliphatic carbocycles. The van der Waals surface area contributed by atoms with Crippen molar-refractivity contribution in [3.05, 3.63) is 30.6 Å². The topological polar surface area (TPSA) is 0 Å². The van der Waals surface area contributed by atoms with Crippen molar-refractivity contribution in [3.63, 3.8) is 0 Å². The first kappa shape index (κ1) is 14.5. The number of thiophene rings is 2.